The standard InChI is InChI=1S/C11H13NO4.C10H12N2O4.C10H18O5/c1-8(11(13)16-2)7-9-3-5-10(6-4-9)12(14)15;1-16-10(13)9(11)6-7-2-4-8(5-3-7)12(14)15;1-9(2,3)14-7(11)13-8(12)15-10(4,5)6/h3-6,8H,7H2,1-2H3;2-5,9H,6,11H2,1H3;1-6H3/t8-;9-;/m00./s1. The van der Waals surface area contributed by atoms with Crippen molar-refractivity contribution >= 4 is 35.6 Å². The van der Waals surface area contributed by atoms with Crippen LogP contribution in [-0.4, -0.2) is 65.6 Å². The number of benzene rings is 2. The summed E-state index contributed by atoms with van der Waals surface area (Å²) in [6.07, 6.45) is -1.30. The lowest BCUT2D eigenvalue weighted by atomic mass is 10.0. The van der Waals surface area contributed by atoms with Crippen LogP contribution >= 0.6 is 0 Å². The van der Waals surface area contributed by atoms with Gasteiger partial charge in [-0.3, -0.25) is 29.8 Å². The molecule has 0 aliphatic heterocycles. The minimum Gasteiger partial charge on any atom is -0.469 e. The summed E-state index contributed by atoms with van der Waals surface area (Å²) in [5.41, 5.74) is 5.85. The van der Waals surface area contributed by atoms with E-state index in [2.05, 4.69) is 14.2 Å². The van der Waals surface area contributed by atoms with Crippen LogP contribution in [0.25, 0.3) is 0 Å². The Morgan fingerprint density at radius 1 is 0.681 bits per heavy atom. The second-order valence-corrected chi connectivity index (χ2v) is 11.8. The molecule has 0 aromatic heterocycles. The molecule has 0 spiro atoms. The zero-order valence-electron chi connectivity index (χ0n) is 28.0. The number of hydrogen-bond acceptors (Lipinski definition) is 14. The lowest BCUT2D eigenvalue weighted by Gasteiger charge is -2.20. The lowest BCUT2D eigenvalue weighted by molar-refractivity contribution is -0.385. The number of nitro groups is 2. The molecule has 16 nitrogen and oxygen atoms in total. The summed E-state index contributed by atoms with van der Waals surface area (Å²) < 4.78 is 22.9. The number of carbonyl (C=O) groups is 4. The van der Waals surface area contributed by atoms with E-state index in [1.165, 1.54) is 38.5 Å². The molecule has 260 valence electrons. The predicted octanol–water partition coefficient (Wildman–Crippen LogP) is 5.46. The van der Waals surface area contributed by atoms with Crippen LogP contribution in [0.15, 0.2) is 48.5 Å². The van der Waals surface area contributed by atoms with E-state index in [-0.39, 0.29) is 23.3 Å². The van der Waals surface area contributed by atoms with E-state index in [1.54, 1.807) is 72.7 Å². The number of ether oxygens (including phenoxy) is 5. The average Bonchev–Trinajstić information content (AvgIpc) is 2.95. The van der Waals surface area contributed by atoms with Gasteiger partial charge in [0.25, 0.3) is 11.4 Å². The fourth-order valence-electron chi connectivity index (χ4n) is 3.24. The van der Waals surface area contributed by atoms with Crippen molar-refractivity contribution < 1.29 is 52.7 Å². The van der Waals surface area contributed by atoms with E-state index in [4.69, 9.17) is 15.2 Å². The fraction of sp³-hybridized carbons (Fsp3) is 0.484. The van der Waals surface area contributed by atoms with Gasteiger partial charge in [0.15, 0.2) is 0 Å². The highest BCUT2D eigenvalue weighted by atomic mass is 16.8. The maximum atomic E-state index is 11.2. The van der Waals surface area contributed by atoms with Crippen molar-refractivity contribution in [3.05, 3.63) is 79.9 Å². The molecule has 0 bridgehead atoms. The number of nitrogens with zero attached hydrogens (tertiary/aromatic N) is 2. The first kappa shape index (κ1) is 41.9. The fourth-order valence-corrected chi connectivity index (χ4v) is 3.24. The molecule has 0 heterocycles. The Morgan fingerprint density at radius 2 is 1.02 bits per heavy atom. The van der Waals surface area contributed by atoms with Crippen molar-refractivity contribution in [3.63, 3.8) is 0 Å². The first-order chi connectivity index (χ1) is 21.6. The van der Waals surface area contributed by atoms with Crippen LogP contribution in [0.5, 0.6) is 0 Å². The highest BCUT2D eigenvalue weighted by Gasteiger charge is 2.24. The highest BCUT2D eigenvalue weighted by Crippen LogP contribution is 2.16. The number of rotatable bonds is 8. The van der Waals surface area contributed by atoms with Crippen molar-refractivity contribution in [2.75, 3.05) is 14.2 Å². The topological polar surface area (TPSA) is 227 Å². The molecule has 0 aliphatic rings. The van der Waals surface area contributed by atoms with Gasteiger partial charge in [0, 0.05) is 24.3 Å². The SMILES string of the molecule is CC(C)(C)OC(=O)OC(=O)OC(C)(C)C.COC(=O)[C@@H](C)Cc1ccc([N+](=O)[O-])cc1.COC(=O)[C@@H](N)Cc1ccc([N+](=O)[O-])cc1. The molecule has 2 aromatic carbocycles. The number of carbonyl (C=O) groups excluding carboxylic acids is 4. The summed E-state index contributed by atoms with van der Waals surface area (Å²) in [4.78, 5) is 64.1. The normalized spacial score (nSPS) is 11.9. The van der Waals surface area contributed by atoms with Crippen LogP contribution in [0.2, 0.25) is 0 Å². The van der Waals surface area contributed by atoms with E-state index in [0.717, 1.165) is 11.1 Å². The molecule has 0 radical (unpaired) electrons. The molecule has 2 atom stereocenters. The molecule has 0 fully saturated rings. The van der Waals surface area contributed by atoms with E-state index < -0.39 is 45.4 Å². The van der Waals surface area contributed by atoms with Gasteiger partial charge in [0.1, 0.15) is 17.2 Å². The van der Waals surface area contributed by atoms with Crippen molar-refractivity contribution in [2.45, 2.75) is 78.6 Å². The van der Waals surface area contributed by atoms with Crippen molar-refractivity contribution in [2.24, 2.45) is 11.7 Å². The third-order valence-electron chi connectivity index (χ3n) is 5.35. The number of methoxy groups -OCH3 is 2. The monoisotopic (exact) mass is 665 g/mol. The van der Waals surface area contributed by atoms with Gasteiger partial charge in [-0.25, -0.2) is 9.59 Å². The molecule has 2 aromatic rings. The summed E-state index contributed by atoms with van der Waals surface area (Å²) in [6, 6.07) is 11.3. The molecule has 2 N–H and O–H groups in total. The Hall–Kier alpha value is -5.12. The Morgan fingerprint density at radius 3 is 1.32 bits per heavy atom. The molecular weight excluding hydrogens is 622 g/mol. The van der Waals surface area contributed by atoms with Gasteiger partial charge < -0.3 is 29.4 Å². The first-order valence-corrected chi connectivity index (χ1v) is 14.1. The zero-order chi connectivity index (χ0) is 36.5. The van der Waals surface area contributed by atoms with Crippen LogP contribution in [0.3, 0.4) is 0 Å². The molecule has 0 saturated carbocycles. The number of nitrogens with two attached hydrogens (primary N) is 1. The first-order valence-electron chi connectivity index (χ1n) is 14.1. The number of nitro benzene ring substituents is 2. The van der Waals surface area contributed by atoms with E-state index >= 15 is 0 Å². The molecule has 47 heavy (non-hydrogen) atoms. The van der Waals surface area contributed by atoms with E-state index in [0.29, 0.717) is 12.8 Å². The predicted molar refractivity (Wildman–Crippen MR) is 168 cm³/mol. The summed E-state index contributed by atoms with van der Waals surface area (Å²) in [5.74, 6) is -1.02. The van der Waals surface area contributed by atoms with Crippen LogP contribution < -0.4 is 5.73 Å². The zero-order valence-corrected chi connectivity index (χ0v) is 28.0. The quantitative estimate of drug-likeness (QED) is 0.121. The second kappa shape index (κ2) is 19.4. The third kappa shape index (κ3) is 19.1. The molecule has 0 unspecified atom stereocenters. The molecule has 16 heteroatoms. The van der Waals surface area contributed by atoms with Gasteiger partial charge in [0.05, 0.1) is 30.0 Å². The van der Waals surface area contributed by atoms with Crippen molar-refractivity contribution in [1.29, 1.82) is 0 Å². The largest absolute Gasteiger partial charge is 0.519 e. The smallest absolute Gasteiger partial charge is 0.469 e. The van der Waals surface area contributed by atoms with Gasteiger partial charge in [0.2, 0.25) is 0 Å². The van der Waals surface area contributed by atoms with E-state index in [1.807, 2.05) is 0 Å². The van der Waals surface area contributed by atoms with Gasteiger partial charge in [-0.15, -0.1) is 0 Å². The van der Waals surface area contributed by atoms with Crippen LogP contribution in [0, 0.1) is 26.1 Å². The number of non-ortho nitro benzene ring substituents is 2. The minimum absolute atomic E-state index is 0.00962. The van der Waals surface area contributed by atoms with Crippen molar-refractivity contribution in [1.82, 2.24) is 0 Å². The van der Waals surface area contributed by atoms with Crippen molar-refractivity contribution in [3.8, 4) is 0 Å². The summed E-state index contributed by atoms with van der Waals surface area (Å²) in [7, 11) is 2.60. The van der Waals surface area contributed by atoms with Gasteiger partial charge >= 0.3 is 24.2 Å². The summed E-state index contributed by atoms with van der Waals surface area (Å²) >= 11 is 0. The van der Waals surface area contributed by atoms with Gasteiger partial charge in [-0.05, 0) is 65.5 Å². The van der Waals surface area contributed by atoms with Gasteiger partial charge in [-0.1, -0.05) is 31.2 Å². The summed E-state index contributed by atoms with van der Waals surface area (Å²) in [6.45, 7) is 11.8. The minimum atomic E-state index is -1.06. The number of esters is 2. The summed E-state index contributed by atoms with van der Waals surface area (Å²) in [5, 5.41) is 20.8. The second-order valence-electron chi connectivity index (χ2n) is 11.8. The highest BCUT2D eigenvalue weighted by molar-refractivity contribution is 5.77. The third-order valence-corrected chi connectivity index (χ3v) is 5.35. The Kier molecular flexibility index (Phi) is 17.3. The molecule has 2 rings (SSSR count). The molecule has 0 saturated heterocycles. The Labute approximate surface area is 272 Å². The van der Waals surface area contributed by atoms with E-state index in [9.17, 15) is 39.4 Å². The Balaban J connectivity index is 0.000000676. The molecule has 0 aliphatic carbocycles. The lowest BCUT2D eigenvalue weighted by Crippen LogP contribution is -2.33. The number of hydrogen-bond donors (Lipinski definition) is 1. The maximum Gasteiger partial charge on any atom is 0.519 e. The van der Waals surface area contributed by atoms with Crippen LogP contribution in [-0.2, 0) is 46.1 Å². The van der Waals surface area contributed by atoms with Gasteiger partial charge in [-0.2, -0.15) is 0 Å². The molecule has 0 amide bonds. The Bertz CT molecular complexity index is 1240. The maximum absolute atomic E-state index is 11.2. The molecular formula is C31H43N3O13. The average molecular weight is 666 g/mol. The van der Waals surface area contributed by atoms with Crippen LogP contribution in [0.4, 0.5) is 21.0 Å². The van der Waals surface area contributed by atoms with Crippen LogP contribution in [0.1, 0.15) is 59.6 Å².